The van der Waals surface area contributed by atoms with E-state index in [4.69, 9.17) is 10.2 Å². The van der Waals surface area contributed by atoms with E-state index < -0.39 is 5.54 Å². The Kier molecular flexibility index (Phi) is 5.08. The van der Waals surface area contributed by atoms with E-state index in [1.54, 1.807) is 18.0 Å². The summed E-state index contributed by atoms with van der Waals surface area (Å²) in [5, 5.41) is 3.14. The fourth-order valence-electron chi connectivity index (χ4n) is 1.58. The number of thioether (sulfide) groups is 1. The molecule has 0 aliphatic rings. The molecule has 17 heavy (non-hydrogen) atoms. The monoisotopic (exact) mass is 256 g/mol. The normalized spacial score (nSPS) is 14.5. The smallest absolute Gasteiger partial charge is 0.237 e. The van der Waals surface area contributed by atoms with Crippen molar-refractivity contribution < 1.29 is 9.21 Å². The zero-order chi connectivity index (χ0) is 12.9. The van der Waals surface area contributed by atoms with Crippen LogP contribution in [0.25, 0.3) is 0 Å². The Morgan fingerprint density at radius 3 is 2.82 bits per heavy atom. The average Bonchev–Trinajstić information content (AvgIpc) is 2.65. The van der Waals surface area contributed by atoms with Gasteiger partial charge in [0.05, 0.1) is 11.8 Å². The van der Waals surface area contributed by atoms with Gasteiger partial charge in [-0.05, 0) is 32.9 Å². The second-order valence-electron chi connectivity index (χ2n) is 4.17. The van der Waals surface area contributed by atoms with Crippen LogP contribution in [0.3, 0.4) is 0 Å². The van der Waals surface area contributed by atoms with Crippen LogP contribution in [0, 0.1) is 6.92 Å². The molecule has 0 saturated heterocycles. The van der Waals surface area contributed by atoms with E-state index in [1.165, 1.54) is 0 Å². The highest BCUT2D eigenvalue weighted by Crippen LogP contribution is 2.25. The minimum Gasteiger partial charge on any atom is -0.468 e. The third-order valence-corrected chi connectivity index (χ3v) is 3.92. The lowest BCUT2D eigenvalue weighted by Gasteiger charge is -2.26. The second kappa shape index (κ2) is 6.12. The number of nitrogens with two attached hydrogens (primary N) is 1. The molecule has 96 valence electrons. The molecule has 0 saturated carbocycles. The van der Waals surface area contributed by atoms with Crippen molar-refractivity contribution in [1.29, 1.82) is 0 Å². The minimum atomic E-state index is -0.626. The van der Waals surface area contributed by atoms with Gasteiger partial charge in [-0.15, -0.1) is 11.8 Å². The van der Waals surface area contributed by atoms with Crippen molar-refractivity contribution in [1.82, 2.24) is 5.32 Å². The van der Waals surface area contributed by atoms with Gasteiger partial charge in [-0.1, -0.05) is 6.92 Å². The molecule has 1 aromatic heterocycles. The lowest BCUT2D eigenvalue weighted by molar-refractivity contribution is -0.123. The van der Waals surface area contributed by atoms with Gasteiger partial charge < -0.3 is 15.5 Å². The molecule has 0 spiro atoms. The Hall–Kier alpha value is -0.940. The summed E-state index contributed by atoms with van der Waals surface area (Å²) in [4.78, 5) is 12.5. The third kappa shape index (κ3) is 3.78. The summed E-state index contributed by atoms with van der Waals surface area (Å²) in [6.07, 6.45) is 2.38. The molecule has 5 heteroatoms. The molecule has 0 radical (unpaired) electrons. The molecule has 0 bridgehead atoms. The summed E-state index contributed by atoms with van der Waals surface area (Å²) in [6, 6.07) is 1.94. The standard InChI is InChI=1S/C12H20N2O2S/c1-4-14-12(3,11(13)15)6-8-17-10-5-7-16-9(10)2/h5,7,14H,4,6,8H2,1-3H3,(H2,13,15). The van der Waals surface area contributed by atoms with Gasteiger partial charge in [0, 0.05) is 10.6 Å². The largest absolute Gasteiger partial charge is 0.468 e. The van der Waals surface area contributed by atoms with Crippen molar-refractivity contribution in [3.63, 3.8) is 0 Å². The first-order valence-corrected chi connectivity index (χ1v) is 6.70. The van der Waals surface area contributed by atoms with E-state index in [2.05, 4.69) is 5.32 Å². The summed E-state index contributed by atoms with van der Waals surface area (Å²) >= 11 is 1.68. The van der Waals surface area contributed by atoms with Crippen LogP contribution < -0.4 is 11.1 Å². The molecule has 0 aliphatic carbocycles. The molecule has 0 aliphatic heterocycles. The summed E-state index contributed by atoms with van der Waals surface area (Å²) in [6.45, 7) is 6.48. The zero-order valence-corrected chi connectivity index (χ0v) is 11.4. The average molecular weight is 256 g/mol. The molecule has 1 unspecified atom stereocenters. The number of amides is 1. The van der Waals surface area contributed by atoms with Gasteiger partial charge in [0.1, 0.15) is 5.76 Å². The van der Waals surface area contributed by atoms with E-state index in [0.29, 0.717) is 6.42 Å². The first-order chi connectivity index (χ1) is 7.99. The first kappa shape index (κ1) is 14.1. The van der Waals surface area contributed by atoms with Gasteiger partial charge in [-0.2, -0.15) is 0 Å². The van der Waals surface area contributed by atoms with Gasteiger partial charge in [0.15, 0.2) is 0 Å². The van der Waals surface area contributed by atoms with Crippen LogP contribution >= 0.6 is 11.8 Å². The number of aryl methyl sites for hydroxylation is 1. The fourth-order valence-corrected chi connectivity index (χ4v) is 2.71. The highest BCUT2D eigenvalue weighted by molar-refractivity contribution is 7.99. The number of primary amides is 1. The van der Waals surface area contributed by atoms with E-state index in [9.17, 15) is 4.79 Å². The second-order valence-corrected chi connectivity index (χ2v) is 5.30. The highest BCUT2D eigenvalue weighted by atomic mass is 32.2. The molecule has 4 nitrogen and oxygen atoms in total. The number of hydrogen-bond acceptors (Lipinski definition) is 4. The SMILES string of the molecule is CCNC(C)(CCSc1ccoc1C)C(N)=O. The van der Waals surface area contributed by atoms with Gasteiger partial charge in [0.25, 0.3) is 0 Å². The number of carbonyl (C=O) groups excluding carboxylic acids is 1. The maximum Gasteiger partial charge on any atom is 0.237 e. The summed E-state index contributed by atoms with van der Waals surface area (Å²) in [5.74, 6) is 1.44. The lowest BCUT2D eigenvalue weighted by Crippen LogP contribution is -2.53. The van der Waals surface area contributed by atoms with Crippen molar-refractivity contribution >= 4 is 17.7 Å². The molecule has 1 rings (SSSR count). The van der Waals surface area contributed by atoms with Gasteiger partial charge >= 0.3 is 0 Å². The molecular formula is C12H20N2O2S. The minimum absolute atomic E-state index is 0.302. The van der Waals surface area contributed by atoms with Crippen LogP contribution in [0.4, 0.5) is 0 Å². The number of hydrogen-bond donors (Lipinski definition) is 2. The lowest BCUT2D eigenvalue weighted by atomic mass is 9.98. The van der Waals surface area contributed by atoms with E-state index in [-0.39, 0.29) is 5.91 Å². The Bertz CT molecular complexity index is 378. The van der Waals surface area contributed by atoms with Gasteiger partial charge in [-0.25, -0.2) is 0 Å². The van der Waals surface area contributed by atoms with E-state index >= 15 is 0 Å². The predicted octanol–water partition coefficient (Wildman–Crippen LogP) is 1.92. The Morgan fingerprint density at radius 1 is 1.65 bits per heavy atom. The summed E-state index contributed by atoms with van der Waals surface area (Å²) < 4.78 is 5.21. The Balaban J connectivity index is 2.48. The number of carbonyl (C=O) groups is 1. The number of furan rings is 1. The predicted molar refractivity (Wildman–Crippen MR) is 70.1 cm³/mol. The Morgan fingerprint density at radius 2 is 2.35 bits per heavy atom. The molecule has 1 heterocycles. The third-order valence-electron chi connectivity index (χ3n) is 2.78. The van der Waals surface area contributed by atoms with Crippen LogP contribution in [0.5, 0.6) is 0 Å². The van der Waals surface area contributed by atoms with Crippen LogP contribution in [0.15, 0.2) is 21.6 Å². The maximum atomic E-state index is 11.4. The van der Waals surface area contributed by atoms with Gasteiger partial charge in [-0.3, -0.25) is 4.79 Å². The maximum absolute atomic E-state index is 11.4. The van der Waals surface area contributed by atoms with Crippen LogP contribution in [-0.4, -0.2) is 23.7 Å². The van der Waals surface area contributed by atoms with Crippen molar-refractivity contribution in [3.05, 3.63) is 18.1 Å². The number of nitrogens with one attached hydrogen (secondary N) is 1. The fraction of sp³-hybridized carbons (Fsp3) is 0.583. The summed E-state index contributed by atoms with van der Waals surface area (Å²) in [7, 11) is 0. The zero-order valence-electron chi connectivity index (χ0n) is 10.6. The Labute approximate surface area is 106 Å². The quantitative estimate of drug-likeness (QED) is 0.731. The topological polar surface area (TPSA) is 68.3 Å². The van der Waals surface area contributed by atoms with Crippen LogP contribution in [0.1, 0.15) is 26.0 Å². The molecule has 1 amide bonds. The summed E-state index contributed by atoms with van der Waals surface area (Å²) in [5.41, 5.74) is 4.79. The van der Waals surface area contributed by atoms with Crippen molar-refractivity contribution in [2.45, 2.75) is 37.6 Å². The van der Waals surface area contributed by atoms with Crippen molar-refractivity contribution in [2.75, 3.05) is 12.3 Å². The van der Waals surface area contributed by atoms with Crippen LogP contribution in [0.2, 0.25) is 0 Å². The molecule has 1 atom stereocenters. The van der Waals surface area contributed by atoms with Crippen molar-refractivity contribution in [3.8, 4) is 0 Å². The number of rotatable bonds is 7. The first-order valence-electron chi connectivity index (χ1n) is 5.71. The van der Waals surface area contributed by atoms with Crippen molar-refractivity contribution in [2.24, 2.45) is 5.73 Å². The van der Waals surface area contributed by atoms with E-state index in [1.807, 2.05) is 26.8 Å². The molecule has 1 aromatic rings. The van der Waals surface area contributed by atoms with Crippen LogP contribution in [-0.2, 0) is 4.79 Å². The highest BCUT2D eigenvalue weighted by Gasteiger charge is 2.29. The van der Waals surface area contributed by atoms with E-state index in [0.717, 1.165) is 23.0 Å². The van der Waals surface area contributed by atoms with Gasteiger partial charge in [0.2, 0.25) is 5.91 Å². The molecule has 0 aromatic carbocycles. The molecular weight excluding hydrogens is 236 g/mol. The number of likely N-dealkylation sites (N-methyl/N-ethyl adjacent to an activating group) is 1. The molecule has 3 N–H and O–H groups in total. The molecule has 0 fully saturated rings.